The van der Waals surface area contributed by atoms with Crippen LogP contribution in [-0.4, -0.2) is 11.2 Å². The van der Waals surface area contributed by atoms with E-state index in [4.69, 9.17) is 11.6 Å². The van der Waals surface area contributed by atoms with Crippen molar-refractivity contribution >= 4 is 29.3 Å². The van der Waals surface area contributed by atoms with E-state index in [-0.39, 0.29) is 11.2 Å². The Bertz CT molecular complexity index is 574. The van der Waals surface area contributed by atoms with Gasteiger partial charge in [-0.15, -0.1) is 11.8 Å². The second kappa shape index (κ2) is 7.36. The Morgan fingerprint density at radius 2 is 1.80 bits per heavy atom. The predicted molar refractivity (Wildman–Crippen MR) is 85.1 cm³/mol. The van der Waals surface area contributed by atoms with Gasteiger partial charge < -0.3 is 5.32 Å². The molecule has 0 unspecified atom stereocenters. The van der Waals surface area contributed by atoms with Crippen molar-refractivity contribution in [1.29, 1.82) is 0 Å². The number of rotatable bonds is 5. The zero-order valence-corrected chi connectivity index (χ0v) is 12.7. The molecule has 2 nitrogen and oxygen atoms in total. The first-order valence-electron chi connectivity index (χ1n) is 6.39. The van der Waals surface area contributed by atoms with Crippen LogP contribution in [0.15, 0.2) is 59.5 Å². The highest BCUT2D eigenvalue weighted by atomic mass is 35.5. The lowest BCUT2D eigenvalue weighted by Gasteiger charge is -2.12. The molecular formula is C16H16ClNOS. The van der Waals surface area contributed by atoms with Crippen LogP contribution in [0.5, 0.6) is 0 Å². The first kappa shape index (κ1) is 14.9. The molecule has 0 bridgehead atoms. The predicted octanol–water partition coefficient (Wildman–Crippen LogP) is 4.14. The van der Waals surface area contributed by atoms with Crippen molar-refractivity contribution in [2.45, 2.75) is 23.6 Å². The molecule has 0 fully saturated rings. The molecule has 0 saturated carbocycles. The SMILES string of the molecule is C[C@@H](Sc1ccccc1Cl)C(=O)NCc1ccccc1. The maximum atomic E-state index is 12.1. The van der Waals surface area contributed by atoms with E-state index in [1.54, 1.807) is 0 Å². The molecule has 0 radical (unpaired) electrons. The Morgan fingerprint density at radius 3 is 2.50 bits per heavy atom. The van der Waals surface area contributed by atoms with Crippen LogP contribution in [0.2, 0.25) is 5.02 Å². The van der Waals surface area contributed by atoms with Gasteiger partial charge in [0.2, 0.25) is 5.91 Å². The highest BCUT2D eigenvalue weighted by molar-refractivity contribution is 8.00. The fourth-order valence-electron chi connectivity index (χ4n) is 1.71. The van der Waals surface area contributed by atoms with Crippen LogP contribution in [0.3, 0.4) is 0 Å². The third kappa shape index (κ3) is 4.29. The number of halogens is 1. The lowest BCUT2D eigenvalue weighted by molar-refractivity contribution is -0.120. The second-order valence-electron chi connectivity index (χ2n) is 4.39. The molecule has 0 spiro atoms. The molecule has 20 heavy (non-hydrogen) atoms. The third-order valence-corrected chi connectivity index (χ3v) is 4.44. The summed E-state index contributed by atoms with van der Waals surface area (Å²) < 4.78 is 0. The normalized spacial score (nSPS) is 11.9. The number of thioether (sulfide) groups is 1. The lowest BCUT2D eigenvalue weighted by atomic mass is 10.2. The van der Waals surface area contributed by atoms with Gasteiger partial charge in [0, 0.05) is 11.4 Å². The van der Waals surface area contributed by atoms with Crippen molar-refractivity contribution in [3.8, 4) is 0 Å². The van der Waals surface area contributed by atoms with Crippen molar-refractivity contribution in [1.82, 2.24) is 5.32 Å². The van der Waals surface area contributed by atoms with E-state index in [1.165, 1.54) is 11.8 Å². The van der Waals surface area contributed by atoms with Crippen molar-refractivity contribution in [2.24, 2.45) is 0 Å². The zero-order valence-electron chi connectivity index (χ0n) is 11.2. The van der Waals surface area contributed by atoms with E-state index in [1.807, 2.05) is 61.5 Å². The molecule has 0 heterocycles. The zero-order chi connectivity index (χ0) is 14.4. The van der Waals surface area contributed by atoms with Gasteiger partial charge in [-0.3, -0.25) is 4.79 Å². The topological polar surface area (TPSA) is 29.1 Å². The van der Waals surface area contributed by atoms with Crippen LogP contribution < -0.4 is 5.32 Å². The molecule has 0 saturated heterocycles. The van der Waals surface area contributed by atoms with E-state index in [2.05, 4.69) is 5.32 Å². The average Bonchev–Trinajstić information content (AvgIpc) is 2.48. The first-order valence-corrected chi connectivity index (χ1v) is 7.65. The van der Waals surface area contributed by atoms with Gasteiger partial charge in [0.25, 0.3) is 0 Å². The highest BCUT2D eigenvalue weighted by Crippen LogP contribution is 2.29. The minimum Gasteiger partial charge on any atom is -0.351 e. The van der Waals surface area contributed by atoms with E-state index < -0.39 is 0 Å². The molecule has 104 valence electrons. The number of benzene rings is 2. The fourth-order valence-corrected chi connectivity index (χ4v) is 2.89. The van der Waals surface area contributed by atoms with Gasteiger partial charge >= 0.3 is 0 Å². The molecule has 4 heteroatoms. The van der Waals surface area contributed by atoms with Crippen LogP contribution in [0, 0.1) is 0 Å². The quantitative estimate of drug-likeness (QED) is 0.841. The van der Waals surface area contributed by atoms with Crippen molar-refractivity contribution in [3.05, 3.63) is 65.2 Å². The summed E-state index contributed by atoms with van der Waals surface area (Å²) in [5, 5.41) is 3.43. The number of nitrogens with one attached hydrogen (secondary N) is 1. The first-order chi connectivity index (χ1) is 9.66. The monoisotopic (exact) mass is 305 g/mol. The summed E-state index contributed by atoms with van der Waals surface area (Å²) in [6, 6.07) is 17.4. The van der Waals surface area contributed by atoms with Crippen molar-refractivity contribution in [2.75, 3.05) is 0 Å². The Labute approximate surface area is 128 Å². The number of amides is 1. The van der Waals surface area contributed by atoms with Crippen LogP contribution in [0.25, 0.3) is 0 Å². The van der Waals surface area contributed by atoms with Gasteiger partial charge in [-0.1, -0.05) is 54.1 Å². The minimum atomic E-state index is -0.182. The molecule has 1 N–H and O–H groups in total. The maximum Gasteiger partial charge on any atom is 0.233 e. The molecule has 0 aliphatic carbocycles. The summed E-state index contributed by atoms with van der Waals surface area (Å²) in [5.74, 6) is 0.0128. The fraction of sp³-hybridized carbons (Fsp3) is 0.188. The van der Waals surface area contributed by atoms with Gasteiger partial charge in [0.1, 0.15) is 0 Å². The molecule has 0 aromatic heterocycles. The van der Waals surface area contributed by atoms with Gasteiger partial charge in [0.05, 0.1) is 10.3 Å². The maximum absolute atomic E-state index is 12.1. The van der Waals surface area contributed by atoms with Crippen LogP contribution in [0.4, 0.5) is 0 Å². The summed E-state index contributed by atoms with van der Waals surface area (Å²) in [6.45, 7) is 2.43. The number of carbonyl (C=O) groups is 1. The Balaban J connectivity index is 1.88. The molecule has 1 atom stereocenters. The standard InChI is InChI=1S/C16H16ClNOS/c1-12(20-15-10-6-5-9-14(15)17)16(19)18-11-13-7-3-2-4-8-13/h2-10,12H,11H2,1H3,(H,18,19)/t12-/m1/s1. The van der Waals surface area contributed by atoms with E-state index in [9.17, 15) is 4.79 Å². The van der Waals surface area contributed by atoms with E-state index >= 15 is 0 Å². The van der Waals surface area contributed by atoms with Gasteiger partial charge in [-0.2, -0.15) is 0 Å². The second-order valence-corrected chi connectivity index (χ2v) is 6.18. The summed E-state index contributed by atoms with van der Waals surface area (Å²) in [5.41, 5.74) is 1.09. The van der Waals surface area contributed by atoms with Gasteiger partial charge in [0.15, 0.2) is 0 Å². The van der Waals surface area contributed by atoms with E-state index in [0.717, 1.165) is 10.5 Å². The molecule has 1 amide bonds. The van der Waals surface area contributed by atoms with Crippen LogP contribution in [-0.2, 0) is 11.3 Å². The van der Waals surface area contributed by atoms with Crippen molar-refractivity contribution < 1.29 is 4.79 Å². The summed E-state index contributed by atoms with van der Waals surface area (Å²) in [6.07, 6.45) is 0. The summed E-state index contributed by atoms with van der Waals surface area (Å²) in [4.78, 5) is 13.0. The van der Waals surface area contributed by atoms with Gasteiger partial charge in [-0.05, 0) is 24.6 Å². The largest absolute Gasteiger partial charge is 0.351 e. The molecule has 0 aliphatic heterocycles. The Hall–Kier alpha value is -1.45. The van der Waals surface area contributed by atoms with Crippen LogP contribution in [0.1, 0.15) is 12.5 Å². The molecular weight excluding hydrogens is 290 g/mol. The number of hydrogen-bond acceptors (Lipinski definition) is 2. The Kier molecular flexibility index (Phi) is 5.50. The average molecular weight is 306 g/mol. The minimum absolute atomic E-state index is 0.0128. The van der Waals surface area contributed by atoms with Crippen molar-refractivity contribution in [3.63, 3.8) is 0 Å². The molecule has 2 aromatic rings. The lowest BCUT2D eigenvalue weighted by Crippen LogP contribution is -2.30. The van der Waals surface area contributed by atoms with Crippen LogP contribution >= 0.6 is 23.4 Å². The molecule has 2 rings (SSSR count). The Morgan fingerprint density at radius 1 is 1.15 bits per heavy atom. The summed E-state index contributed by atoms with van der Waals surface area (Å²) in [7, 11) is 0. The van der Waals surface area contributed by atoms with Gasteiger partial charge in [-0.25, -0.2) is 0 Å². The van der Waals surface area contributed by atoms with E-state index in [0.29, 0.717) is 11.6 Å². The molecule has 0 aliphatic rings. The highest BCUT2D eigenvalue weighted by Gasteiger charge is 2.15. The molecule has 2 aromatic carbocycles. The summed E-state index contributed by atoms with van der Waals surface area (Å²) >= 11 is 7.56. The number of carbonyl (C=O) groups excluding carboxylic acids is 1. The smallest absolute Gasteiger partial charge is 0.233 e. The number of hydrogen-bond donors (Lipinski definition) is 1. The third-order valence-electron chi connectivity index (χ3n) is 2.82.